The van der Waals surface area contributed by atoms with Crippen LogP contribution in [0.2, 0.25) is 5.02 Å². The summed E-state index contributed by atoms with van der Waals surface area (Å²) in [6, 6.07) is 6.52. The highest BCUT2D eigenvalue weighted by molar-refractivity contribution is 6.36. The average Bonchev–Trinajstić information content (AvgIpc) is 2.44. The minimum Gasteiger partial charge on any atom is -0.343 e. The van der Waals surface area contributed by atoms with Crippen LogP contribution in [0.4, 0.5) is 5.69 Å². The van der Waals surface area contributed by atoms with E-state index in [-0.39, 0.29) is 18.4 Å². The Labute approximate surface area is 120 Å². The third kappa shape index (κ3) is 2.00. The standard InChI is InChI=1S/C14H12ClN3O2/c1-8-14(20)18(7-12(19)17-8)11-5-4-10(15)9-3-2-6-16-13(9)11/h2-6,8H,7H2,1H3,(H,17,19). The summed E-state index contributed by atoms with van der Waals surface area (Å²) in [6.45, 7) is 1.66. The van der Waals surface area contributed by atoms with Gasteiger partial charge in [0.1, 0.15) is 12.6 Å². The zero-order chi connectivity index (χ0) is 14.3. The van der Waals surface area contributed by atoms with Crippen molar-refractivity contribution in [2.75, 3.05) is 11.4 Å². The second-order valence-electron chi connectivity index (χ2n) is 4.68. The Bertz CT molecular complexity index is 717. The smallest absolute Gasteiger partial charge is 0.249 e. The average molecular weight is 290 g/mol. The number of halogens is 1. The SMILES string of the molecule is CC1NC(=O)CN(c2ccc(Cl)c3cccnc23)C1=O. The monoisotopic (exact) mass is 289 g/mol. The van der Waals surface area contributed by atoms with Gasteiger partial charge in [0.05, 0.1) is 16.2 Å². The fraction of sp³-hybridized carbons (Fsp3) is 0.214. The molecule has 102 valence electrons. The largest absolute Gasteiger partial charge is 0.343 e. The van der Waals surface area contributed by atoms with Gasteiger partial charge in [-0.3, -0.25) is 19.5 Å². The molecule has 20 heavy (non-hydrogen) atoms. The Morgan fingerprint density at radius 3 is 2.95 bits per heavy atom. The number of aromatic nitrogens is 1. The highest BCUT2D eigenvalue weighted by Crippen LogP contribution is 2.31. The number of anilines is 1. The highest BCUT2D eigenvalue weighted by Gasteiger charge is 2.31. The van der Waals surface area contributed by atoms with Gasteiger partial charge < -0.3 is 5.32 Å². The van der Waals surface area contributed by atoms with E-state index < -0.39 is 6.04 Å². The summed E-state index contributed by atoms with van der Waals surface area (Å²) in [5.41, 5.74) is 1.23. The number of pyridine rings is 1. The van der Waals surface area contributed by atoms with Gasteiger partial charge in [-0.05, 0) is 31.2 Å². The van der Waals surface area contributed by atoms with E-state index in [2.05, 4.69) is 10.3 Å². The number of fused-ring (bicyclic) bond motifs is 1. The van der Waals surface area contributed by atoms with Gasteiger partial charge in [0.25, 0.3) is 0 Å². The molecule has 2 aromatic rings. The van der Waals surface area contributed by atoms with Gasteiger partial charge in [-0.15, -0.1) is 0 Å². The molecule has 2 amide bonds. The molecular formula is C14H12ClN3O2. The van der Waals surface area contributed by atoms with Crippen LogP contribution in [0.5, 0.6) is 0 Å². The van der Waals surface area contributed by atoms with Crippen LogP contribution in [0.25, 0.3) is 10.9 Å². The summed E-state index contributed by atoms with van der Waals surface area (Å²) in [4.78, 5) is 29.6. The maximum atomic E-state index is 12.3. The van der Waals surface area contributed by atoms with E-state index in [1.54, 1.807) is 31.3 Å². The summed E-state index contributed by atoms with van der Waals surface area (Å²) in [7, 11) is 0. The van der Waals surface area contributed by atoms with Gasteiger partial charge in [0.2, 0.25) is 11.8 Å². The summed E-state index contributed by atoms with van der Waals surface area (Å²) in [6.07, 6.45) is 1.64. The number of nitrogens with one attached hydrogen (secondary N) is 1. The molecule has 1 aliphatic rings. The quantitative estimate of drug-likeness (QED) is 0.870. The first-order valence-corrected chi connectivity index (χ1v) is 6.59. The van der Waals surface area contributed by atoms with Crippen LogP contribution in [0.3, 0.4) is 0 Å². The summed E-state index contributed by atoms with van der Waals surface area (Å²) < 4.78 is 0. The molecule has 5 nitrogen and oxygen atoms in total. The van der Waals surface area contributed by atoms with Crippen LogP contribution in [-0.2, 0) is 9.59 Å². The molecule has 0 radical (unpaired) electrons. The van der Waals surface area contributed by atoms with Crippen molar-refractivity contribution in [3.8, 4) is 0 Å². The summed E-state index contributed by atoms with van der Waals surface area (Å²) in [5, 5.41) is 3.94. The van der Waals surface area contributed by atoms with Crippen LogP contribution in [-0.4, -0.2) is 29.4 Å². The third-order valence-corrected chi connectivity index (χ3v) is 3.63. The molecule has 1 aromatic heterocycles. The van der Waals surface area contributed by atoms with E-state index in [0.717, 1.165) is 5.39 Å². The van der Waals surface area contributed by atoms with Crippen LogP contribution >= 0.6 is 11.6 Å². The van der Waals surface area contributed by atoms with Crippen molar-refractivity contribution in [3.63, 3.8) is 0 Å². The van der Waals surface area contributed by atoms with Crippen LogP contribution in [0.1, 0.15) is 6.92 Å². The predicted octanol–water partition coefficient (Wildman–Crippen LogP) is 1.74. The Morgan fingerprint density at radius 1 is 1.35 bits per heavy atom. The van der Waals surface area contributed by atoms with E-state index in [1.807, 2.05) is 6.07 Å². The number of carbonyl (C=O) groups excluding carboxylic acids is 2. The van der Waals surface area contributed by atoms with Crippen molar-refractivity contribution in [2.24, 2.45) is 0 Å². The summed E-state index contributed by atoms with van der Waals surface area (Å²) >= 11 is 6.14. The minimum atomic E-state index is -0.536. The van der Waals surface area contributed by atoms with Gasteiger partial charge in [-0.1, -0.05) is 11.6 Å². The van der Waals surface area contributed by atoms with Crippen molar-refractivity contribution in [1.29, 1.82) is 0 Å². The zero-order valence-electron chi connectivity index (χ0n) is 10.8. The van der Waals surface area contributed by atoms with Crippen LogP contribution in [0.15, 0.2) is 30.5 Å². The molecule has 1 saturated heterocycles. The van der Waals surface area contributed by atoms with E-state index in [4.69, 9.17) is 11.6 Å². The first-order chi connectivity index (χ1) is 9.58. The minimum absolute atomic E-state index is 0.00349. The number of hydrogen-bond acceptors (Lipinski definition) is 3. The zero-order valence-corrected chi connectivity index (χ0v) is 11.5. The van der Waals surface area contributed by atoms with Crippen LogP contribution in [0, 0.1) is 0 Å². The molecule has 0 aliphatic carbocycles. The molecule has 1 aromatic carbocycles. The second-order valence-corrected chi connectivity index (χ2v) is 5.09. The Kier molecular flexibility index (Phi) is 3.06. The van der Waals surface area contributed by atoms with Gasteiger partial charge in [-0.2, -0.15) is 0 Å². The number of rotatable bonds is 1. The van der Waals surface area contributed by atoms with Crippen molar-refractivity contribution in [1.82, 2.24) is 10.3 Å². The lowest BCUT2D eigenvalue weighted by Gasteiger charge is -2.31. The van der Waals surface area contributed by atoms with E-state index in [9.17, 15) is 9.59 Å². The first kappa shape index (κ1) is 12.9. The van der Waals surface area contributed by atoms with E-state index in [1.165, 1.54) is 4.90 Å². The number of nitrogens with zero attached hydrogens (tertiary/aromatic N) is 2. The summed E-state index contributed by atoms with van der Waals surface area (Å²) in [5.74, 6) is -0.338. The molecule has 1 N–H and O–H groups in total. The lowest BCUT2D eigenvalue weighted by atomic mass is 10.1. The first-order valence-electron chi connectivity index (χ1n) is 6.22. The molecule has 0 saturated carbocycles. The molecule has 3 rings (SSSR count). The number of amides is 2. The fourth-order valence-electron chi connectivity index (χ4n) is 2.35. The van der Waals surface area contributed by atoms with Crippen molar-refractivity contribution >= 4 is 40.0 Å². The number of hydrogen-bond donors (Lipinski definition) is 1. The molecule has 1 aliphatic heterocycles. The number of piperazine rings is 1. The Morgan fingerprint density at radius 2 is 2.15 bits per heavy atom. The lowest BCUT2D eigenvalue weighted by molar-refractivity contribution is -0.130. The van der Waals surface area contributed by atoms with Crippen molar-refractivity contribution in [3.05, 3.63) is 35.5 Å². The van der Waals surface area contributed by atoms with Crippen molar-refractivity contribution < 1.29 is 9.59 Å². The maximum Gasteiger partial charge on any atom is 0.249 e. The molecule has 1 atom stereocenters. The van der Waals surface area contributed by atoms with Gasteiger partial charge in [0.15, 0.2) is 0 Å². The molecule has 1 unspecified atom stereocenters. The fourth-order valence-corrected chi connectivity index (χ4v) is 2.56. The number of benzene rings is 1. The Hall–Kier alpha value is -2.14. The second kappa shape index (κ2) is 4.76. The molecule has 6 heteroatoms. The van der Waals surface area contributed by atoms with Gasteiger partial charge in [-0.25, -0.2) is 0 Å². The van der Waals surface area contributed by atoms with Crippen LogP contribution < -0.4 is 10.2 Å². The normalized spacial score (nSPS) is 19.3. The lowest BCUT2D eigenvalue weighted by Crippen LogP contribution is -2.57. The van der Waals surface area contributed by atoms with Gasteiger partial charge >= 0.3 is 0 Å². The maximum absolute atomic E-state index is 12.3. The van der Waals surface area contributed by atoms with E-state index in [0.29, 0.717) is 16.2 Å². The molecule has 0 spiro atoms. The number of carbonyl (C=O) groups is 2. The predicted molar refractivity (Wildman–Crippen MR) is 76.7 cm³/mol. The van der Waals surface area contributed by atoms with Gasteiger partial charge in [0, 0.05) is 11.6 Å². The van der Waals surface area contributed by atoms with E-state index >= 15 is 0 Å². The molecule has 1 fully saturated rings. The third-order valence-electron chi connectivity index (χ3n) is 3.30. The molecule has 2 heterocycles. The Balaban J connectivity index is 2.17. The van der Waals surface area contributed by atoms with Crippen molar-refractivity contribution in [2.45, 2.75) is 13.0 Å². The highest BCUT2D eigenvalue weighted by atomic mass is 35.5. The topological polar surface area (TPSA) is 62.3 Å². The molecular weight excluding hydrogens is 278 g/mol. The molecule has 0 bridgehead atoms.